The summed E-state index contributed by atoms with van der Waals surface area (Å²) in [5.41, 5.74) is 0.112. The van der Waals surface area contributed by atoms with E-state index in [2.05, 4.69) is 0 Å². The lowest BCUT2D eigenvalue weighted by atomic mass is 10.2. The van der Waals surface area contributed by atoms with Crippen molar-refractivity contribution in [2.45, 2.75) is 0 Å². The van der Waals surface area contributed by atoms with Gasteiger partial charge in [0.05, 0.1) is 18.2 Å². The van der Waals surface area contributed by atoms with Crippen LogP contribution < -0.4 is 10.3 Å². The molecule has 0 unspecified atom stereocenters. The molecule has 82 valence electrons. The molecular formula is C11H9NO4. The molecule has 1 N–H and O–H groups in total. The Kier molecular flexibility index (Phi) is 2.36. The van der Waals surface area contributed by atoms with Crippen LogP contribution in [0.5, 0.6) is 5.75 Å². The molecule has 0 aliphatic heterocycles. The number of rotatable bonds is 2. The second-order valence-electron chi connectivity index (χ2n) is 3.21. The Bertz CT molecular complexity index is 615. The van der Waals surface area contributed by atoms with Gasteiger partial charge in [0.25, 0.3) is 5.56 Å². The first-order chi connectivity index (χ1) is 7.63. The normalized spacial score (nSPS) is 10.3. The molecule has 2 heterocycles. The van der Waals surface area contributed by atoms with Gasteiger partial charge in [0, 0.05) is 18.3 Å². The number of aromatic carboxylic acids is 1. The lowest BCUT2D eigenvalue weighted by Crippen LogP contribution is -2.15. The van der Waals surface area contributed by atoms with Crippen molar-refractivity contribution in [3.8, 4) is 5.75 Å². The van der Waals surface area contributed by atoms with E-state index >= 15 is 0 Å². The van der Waals surface area contributed by atoms with Crippen molar-refractivity contribution in [2.75, 3.05) is 7.11 Å². The van der Waals surface area contributed by atoms with E-state index in [9.17, 15) is 9.59 Å². The average Bonchev–Trinajstić information content (AvgIpc) is 2.28. The zero-order valence-corrected chi connectivity index (χ0v) is 8.51. The number of hydrogen-bond donors (Lipinski definition) is 1. The summed E-state index contributed by atoms with van der Waals surface area (Å²) < 4.78 is 6.26. The second kappa shape index (κ2) is 3.69. The number of carboxylic acids is 1. The summed E-state index contributed by atoms with van der Waals surface area (Å²) in [6.45, 7) is 0. The number of methoxy groups -OCH3 is 1. The lowest BCUT2D eigenvalue weighted by Gasteiger charge is -2.06. The number of ether oxygens (including phenoxy) is 1. The van der Waals surface area contributed by atoms with Gasteiger partial charge in [0.1, 0.15) is 5.75 Å². The number of pyridine rings is 2. The Morgan fingerprint density at radius 2 is 2.12 bits per heavy atom. The third-order valence-corrected chi connectivity index (χ3v) is 2.30. The van der Waals surface area contributed by atoms with Crippen molar-refractivity contribution in [3.63, 3.8) is 0 Å². The van der Waals surface area contributed by atoms with Crippen LogP contribution in [0, 0.1) is 0 Å². The molecule has 0 aromatic carbocycles. The predicted octanol–water partition coefficient (Wildman–Crippen LogP) is 1.01. The maximum absolute atomic E-state index is 11.5. The minimum absolute atomic E-state index is 0.0681. The van der Waals surface area contributed by atoms with Crippen molar-refractivity contribution in [3.05, 3.63) is 46.4 Å². The molecule has 0 fully saturated rings. The molecule has 0 amide bonds. The summed E-state index contributed by atoms with van der Waals surface area (Å²) in [5, 5.41) is 8.98. The average molecular weight is 219 g/mol. The smallest absolute Gasteiger partial charge is 0.337 e. The SMILES string of the molecule is COc1ccn2c(=O)ccc(C(=O)O)c2c1. The van der Waals surface area contributed by atoms with Gasteiger partial charge in [-0.25, -0.2) is 4.79 Å². The van der Waals surface area contributed by atoms with Gasteiger partial charge in [-0.15, -0.1) is 0 Å². The van der Waals surface area contributed by atoms with Crippen LogP contribution >= 0.6 is 0 Å². The highest BCUT2D eigenvalue weighted by Crippen LogP contribution is 2.16. The van der Waals surface area contributed by atoms with E-state index in [1.165, 1.54) is 35.9 Å². The zero-order valence-electron chi connectivity index (χ0n) is 8.51. The Hall–Kier alpha value is -2.30. The molecular weight excluding hydrogens is 210 g/mol. The van der Waals surface area contributed by atoms with E-state index in [4.69, 9.17) is 9.84 Å². The molecule has 5 nitrogen and oxygen atoms in total. The molecule has 2 aromatic rings. The number of fused-ring (bicyclic) bond motifs is 1. The summed E-state index contributed by atoms with van der Waals surface area (Å²) in [4.78, 5) is 22.5. The fraction of sp³-hybridized carbons (Fsp3) is 0.0909. The number of carboxylic acid groups (broad SMARTS) is 1. The highest BCUT2D eigenvalue weighted by atomic mass is 16.5. The van der Waals surface area contributed by atoms with Gasteiger partial charge in [-0.1, -0.05) is 0 Å². The molecule has 2 aromatic heterocycles. The summed E-state index contributed by atoms with van der Waals surface area (Å²) in [5.74, 6) is -0.571. The topological polar surface area (TPSA) is 68.0 Å². The number of aromatic nitrogens is 1. The Labute approximate surface area is 90.5 Å². The van der Waals surface area contributed by atoms with Crippen LogP contribution in [-0.4, -0.2) is 22.6 Å². The van der Waals surface area contributed by atoms with Crippen molar-refractivity contribution in [1.29, 1.82) is 0 Å². The van der Waals surface area contributed by atoms with E-state index in [0.717, 1.165) is 0 Å². The molecule has 2 rings (SSSR count). The van der Waals surface area contributed by atoms with E-state index in [1.807, 2.05) is 0 Å². The van der Waals surface area contributed by atoms with Gasteiger partial charge in [-0.05, 0) is 12.1 Å². The van der Waals surface area contributed by atoms with Crippen molar-refractivity contribution < 1.29 is 14.6 Å². The van der Waals surface area contributed by atoms with Crippen molar-refractivity contribution in [2.24, 2.45) is 0 Å². The summed E-state index contributed by atoms with van der Waals surface area (Å²) in [6.07, 6.45) is 1.49. The van der Waals surface area contributed by atoms with Gasteiger partial charge >= 0.3 is 5.97 Å². The maximum Gasteiger partial charge on any atom is 0.337 e. The van der Waals surface area contributed by atoms with Crippen LogP contribution in [0.15, 0.2) is 35.3 Å². The highest BCUT2D eigenvalue weighted by molar-refractivity contribution is 5.95. The van der Waals surface area contributed by atoms with E-state index in [1.54, 1.807) is 6.07 Å². The highest BCUT2D eigenvalue weighted by Gasteiger charge is 2.10. The minimum Gasteiger partial charge on any atom is -0.497 e. The fourth-order valence-corrected chi connectivity index (χ4v) is 1.51. The van der Waals surface area contributed by atoms with Crippen LogP contribution in [0.25, 0.3) is 5.52 Å². The second-order valence-corrected chi connectivity index (χ2v) is 3.21. The van der Waals surface area contributed by atoms with Gasteiger partial charge in [0.15, 0.2) is 0 Å². The first-order valence-corrected chi connectivity index (χ1v) is 4.56. The van der Waals surface area contributed by atoms with Gasteiger partial charge < -0.3 is 9.84 Å². The quantitative estimate of drug-likeness (QED) is 0.818. The third-order valence-electron chi connectivity index (χ3n) is 2.30. The van der Waals surface area contributed by atoms with Crippen LogP contribution in [0.3, 0.4) is 0 Å². The monoisotopic (exact) mass is 219 g/mol. The summed E-state index contributed by atoms with van der Waals surface area (Å²) in [6, 6.07) is 5.63. The lowest BCUT2D eigenvalue weighted by molar-refractivity contribution is 0.0698. The van der Waals surface area contributed by atoms with E-state index in [-0.39, 0.29) is 11.1 Å². The van der Waals surface area contributed by atoms with Crippen molar-refractivity contribution >= 4 is 11.5 Å². The van der Waals surface area contributed by atoms with Crippen LogP contribution in [-0.2, 0) is 0 Å². The zero-order chi connectivity index (χ0) is 11.7. The van der Waals surface area contributed by atoms with Crippen LogP contribution in [0.4, 0.5) is 0 Å². The van der Waals surface area contributed by atoms with E-state index < -0.39 is 5.97 Å². The molecule has 0 bridgehead atoms. The van der Waals surface area contributed by atoms with Crippen LogP contribution in [0.2, 0.25) is 0 Å². The largest absolute Gasteiger partial charge is 0.497 e. The number of nitrogens with zero attached hydrogens (tertiary/aromatic N) is 1. The Morgan fingerprint density at radius 1 is 1.38 bits per heavy atom. The summed E-state index contributed by atoms with van der Waals surface area (Å²) in [7, 11) is 1.48. The molecule has 5 heteroatoms. The molecule has 0 spiro atoms. The predicted molar refractivity (Wildman–Crippen MR) is 57.2 cm³/mol. The Morgan fingerprint density at radius 3 is 2.75 bits per heavy atom. The molecule has 0 aliphatic rings. The van der Waals surface area contributed by atoms with Gasteiger partial charge in [-0.3, -0.25) is 9.20 Å². The number of carbonyl (C=O) groups is 1. The molecule has 0 saturated carbocycles. The Balaban J connectivity index is 2.88. The first-order valence-electron chi connectivity index (χ1n) is 4.56. The van der Waals surface area contributed by atoms with Gasteiger partial charge in [0.2, 0.25) is 0 Å². The van der Waals surface area contributed by atoms with Crippen LogP contribution in [0.1, 0.15) is 10.4 Å². The molecule has 0 saturated heterocycles. The van der Waals surface area contributed by atoms with Gasteiger partial charge in [-0.2, -0.15) is 0 Å². The molecule has 16 heavy (non-hydrogen) atoms. The summed E-state index contributed by atoms with van der Waals surface area (Å²) >= 11 is 0. The molecule has 0 aliphatic carbocycles. The molecule has 0 atom stereocenters. The standard InChI is InChI=1S/C11H9NO4/c1-16-7-4-5-12-9(6-7)8(11(14)15)2-3-10(12)13/h2-6H,1H3,(H,14,15). The molecule has 0 radical (unpaired) electrons. The first kappa shape index (κ1) is 10.2. The van der Waals surface area contributed by atoms with Crippen molar-refractivity contribution in [1.82, 2.24) is 4.40 Å². The fourth-order valence-electron chi connectivity index (χ4n) is 1.51. The third kappa shape index (κ3) is 1.52. The van der Waals surface area contributed by atoms with E-state index in [0.29, 0.717) is 11.3 Å². The number of hydrogen-bond acceptors (Lipinski definition) is 3. The maximum atomic E-state index is 11.5. The minimum atomic E-state index is -1.08.